The molecule has 2 atom stereocenters. The number of likely N-dealkylation sites (tertiary alicyclic amines) is 1. The molecular weight excluding hydrogens is 437 g/mol. The summed E-state index contributed by atoms with van der Waals surface area (Å²) in [6, 6.07) is 20.5. The van der Waals surface area contributed by atoms with E-state index in [1.165, 1.54) is 24.1 Å². The van der Waals surface area contributed by atoms with Crippen LogP contribution in [0.4, 0.5) is 9.18 Å². The quantitative estimate of drug-likeness (QED) is 0.586. The van der Waals surface area contributed by atoms with Gasteiger partial charge in [0.15, 0.2) is 11.6 Å². The number of carboxylic acids is 1. The van der Waals surface area contributed by atoms with E-state index in [-0.39, 0.29) is 31.4 Å². The molecule has 0 saturated carbocycles. The van der Waals surface area contributed by atoms with Crippen LogP contribution in [-0.4, -0.2) is 48.9 Å². The van der Waals surface area contributed by atoms with Crippen LogP contribution in [0.1, 0.15) is 28.5 Å². The second-order valence-corrected chi connectivity index (χ2v) is 8.65. The van der Waals surface area contributed by atoms with E-state index in [0.29, 0.717) is 5.56 Å². The fourth-order valence-corrected chi connectivity index (χ4v) is 5.14. The summed E-state index contributed by atoms with van der Waals surface area (Å²) < 4.78 is 24.9. The van der Waals surface area contributed by atoms with Crippen LogP contribution in [0.15, 0.2) is 66.7 Å². The van der Waals surface area contributed by atoms with Crippen LogP contribution in [-0.2, 0) is 9.53 Å². The molecule has 1 N–H and O–H groups in total. The number of methoxy groups -OCH3 is 1. The second kappa shape index (κ2) is 8.82. The van der Waals surface area contributed by atoms with Gasteiger partial charge in [-0.2, -0.15) is 0 Å². The molecule has 1 heterocycles. The van der Waals surface area contributed by atoms with E-state index in [1.807, 2.05) is 36.4 Å². The van der Waals surface area contributed by atoms with Crippen LogP contribution in [0.3, 0.4) is 0 Å². The van der Waals surface area contributed by atoms with E-state index in [9.17, 15) is 19.1 Å². The van der Waals surface area contributed by atoms with Gasteiger partial charge in [0.25, 0.3) is 0 Å². The first-order valence-corrected chi connectivity index (χ1v) is 11.1. The largest absolute Gasteiger partial charge is 0.494 e. The van der Waals surface area contributed by atoms with Gasteiger partial charge in [0.2, 0.25) is 0 Å². The van der Waals surface area contributed by atoms with Crippen LogP contribution in [0.2, 0.25) is 0 Å². The summed E-state index contributed by atoms with van der Waals surface area (Å²) in [4.78, 5) is 26.3. The minimum atomic E-state index is -1.03. The molecule has 174 valence electrons. The van der Waals surface area contributed by atoms with Crippen molar-refractivity contribution in [3.05, 3.63) is 89.2 Å². The Morgan fingerprint density at radius 3 is 2.24 bits per heavy atom. The monoisotopic (exact) mass is 461 g/mol. The van der Waals surface area contributed by atoms with Crippen molar-refractivity contribution in [2.75, 3.05) is 26.8 Å². The molecule has 7 heteroatoms. The van der Waals surface area contributed by atoms with Crippen LogP contribution >= 0.6 is 0 Å². The van der Waals surface area contributed by atoms with Crippen LogP contribution < -0.4 is 4.74 Å². The lowest BCUT2D eigenvalue weighted by atomic mass is 9.89. The molecule has 34 heavy (non-hydrogen) atoms. The topological polar surface area (TPSA) is 76.1 Å². The molecule has 2 aliphatic rings. The molecular formula is C27H24FNO5. The number of fused-ring (bicyclic) bond motifs is 3. The van der Waals surface area contributed by atoms with E-state index in [2.05, 4.69) is 12.1 Å². The maximum atomic E-state index is 14.2. The normalized spacial score (nSPS) is 18.9. The molecule has 1 saturated heterocycles. The predicted molar refractivity (Wildman–Crippen MR) is 123 cm³/mol. The fourth-order valence-electron chi connectivity index (χ4n) is 5.14. The summed E-state index contributed by atoms with van der Waals surface area (Å²) in [5.74, 6) is -2.99. The number of halogens is 1. The van der Waals surface area contributed by atoms with Crippen molar-refractivity contribution in [1.29, 1.82) is 0 Å². The highest BCUT2D eigenvalue weighted by molar-refractivity contribution is 5.79. The standard InChI is InChI=1S/C27H24FNO5/c1-33-25-11-10-16(12-24(25)28)21-13-29(14-22(21)26(30)31)27(32)34-15-23-19-8-4-2-6-17(19)18-7-3-5-9-20(18)23/h2-12,21-23H,13-15H2,1H3,(H,30,31)/t21-,22+/m0/s1. The SMILES string of the molecule is COc1ccc([C@@H]2CN(C(=O)OCC3c4ccccc4-c4ccccc43)C[C@H]2C(=O)O)cc1F. The zero-order chi connectivity index (χ0) is 23.8. The third kappa shape index (κ3) is 3.77. The number of amides is 1. The molecule has 5 rings (SSSR count). The van der Waals surface area contributed by atoms with Crippen LogP contribution in [0, 0.1) is 11.7 Å². The van der Waals surface area contributed by atoms with Crippen molar-refractivity contribution in [3.63, 3.8) is 0 Å². The van der Waals surface area contributed by atoms with Gasteiger partial charge in [0.1, 0.15) is 6.61 Å². The van der Waals surface area contributed by atoms with Gasteiger partial charge < -0.3 is 19.5 Å². The number of ether oxygens (including phenoxy) is 2. The average molecular weight is 461 g/mol. The Balaban J connectivity index is 1.32. The molecule has 3 aromatic rings. The number of aliphatic carboxylic acids is 1. The molecule has 1 fully saturated rings. The Morgan fingerprint density at radius 2 is 1.65 bits per heavy atom. The van der Waals surface area contributed by atoms with Gasteiger partial charge in [-0.25, -0.2) is 9.18 Å². The first kappa shape index (κ1) is 21.9. The molecule has 0 bridgehead atoms. The highest BCUT2D eigenvalue weighted by Gasteiger charge is 2.41. The molecule has 1 amide bonds. The zero-order valence-corrected chi connectivity index (χ0v) is 18.6. The Bertz CT molecular complexity index is 1210. The smallest absolute Gasteiger partial charge is 0.409 e. The number of rotatable bonds is 5. The van der Waals surface area contributed by atoms with Gasteiger partial charge in [-0.05, 0) is 39.9 Å². The lowest BCUT2D eigenvalue weighted by Gasteiger charge is -2.19. The minimum absolute atomic E-state index is 0.00429. The molecule has 0 spiro atoms. The van der Waals surface area contributed by atoms with E-state index in [0.717, 1.165) is 22.3 Å². The fraction of sp³-hybridized carbons (Fsp3) is 0.259. The first-order valence-electron chi connectivity index (χ1n) is 11.1. The number of benzene rings is 3. The first-order chi connectivity index (χ1) is 16.5. The van der Waals surface area contributed by atoms with Crippen molar-refractivity contribution < 1.29 is 28.6 Å². The lowest BCUT2D eigenvalue weighted by molar-refractivity contribution is -0.141. The van der Waals surface area contributed by atoms with Crippen LogP contribution in [0.25, 0.3) is 11.1 Å². The second-order valence-electron chi connectivity index (χ2n) is 8.65. The zero-order valence-electron chi connectivity index (χ0n) is 18.6. The third-order valence-corrected chi connectivity index (χ3v) is 6.84. The Kier molecular flexibility index (Phi) is 5.69. The molecule has 3 aromatic carbocycles. The Labute approximate surface area is 196 Å². The van der Waals surface area contributed by atoms with E-state index < -0.39 is 29.7 Å². The van der Waals surface area contributed by atoms with E-state index >= 15 is 0 Å². The number of carboxylic acid groups (broad SMARTS) is 1. The Hall–Kier alpha value is -3.87. The maximum Gasteiger partial charge on any atom is 0.409 e. The van der Waals surface area contributed by atoms with Crippen molar-refractivity contribution in [1.82, 2.24) is 4.90 Å². The van der Waals surface area contributed by atoms with Gasteiger partial charge in [-0.15, -0.1) is 0 Å². The molecule has 1 aliphatic carbocycles. The van der Waals surface area contributed by atoms with Crippen LogP contribution in [0.5, 0.6) is 5.75 Å². The number of carbonyl (C=O) groups excluding carboxylic acids is 1. The van der Waals surface area contributed by atoms with Crippen molar-refractivity contribution in [2.45, 2.75) is 11.8 Å². The van der Waals surface area contributed by atoms with Gasteiger partial charge in [0.05, 0.1) is 13.0 Å². The Morgan fingerprint density at radius 1 is 1.00 bits per heavy atom. The highest BCUT2D eigenvalue weighted by atomic mass is 19.1. The molecule has 0 aromatic heterocycles. The number of nitrogens with zero attached hydrogens (tertiary/aromatic N) is 1. The number of hydrogen-bond donors (Lipinski definition) is 1. The van der Waals surface area contributed by atoms with E-state index in [4.69, 9.17) is 9.47 Å². The average Bonchev–Trinajstić information content (AvgIpc) is 3.43. The van der Waals surface area contributed by atoms with Crippen molar-refractivity contribution >= 4 is 12.1 Å². The summed E-state index contributed by atoms with van der Waals surface area (Å²) in [6.07, 6.45) is -0.565. The van der Waals surface area contributed by atoms with Crippen molar-refractivity contribution in [2.24, 2.45) is 5.92 Å². The lowest BCUT2D eigenvalue weighted by Crippen LogP contribution is -2.31. The predicted octanol–water partition coefficient (Wildman–Crippen LogP) is 4.88. The summed E-state index contributed by atoms with van der Waals surface area (Å²) in [7, 11) is 1.37. The van der Waals surface area contributed by atoms with Gasteiger partial charge in [-0.1, -0.05) is 54.6 Å². The summed E-state index contributed by atoms with van der Waals surface area (Å²) in [5.41, 5.74) is 4.99. The highest BCUT2D eigenvalue weighted by Crippen LogP contribution is 2.44. The van der Waals surface area contributed by atoms with E-state index in [1.54, 1.807) is 6.07 Å². The third-order valence-electron chi connectivity index (χ3n) is 6.84. The molecule has 6 nitrogen and oxygen atoms in total. The van der Waals surface area contributed by atoms with Crippen molar-refractivity contribution in [3.8, 4) is 16.9 Å². The molecule has 0 radical (unpaired) electrons. The minimum Gasteiger partial charge on any atom is -0.494 e. The summed E-state index contributed by atoms with van der Waals surface area (Å²) in [6.45, 7) is 0.298. The van der Waals surface area contributed by atoms with Gasteiger partial charge in [-0.3, -0.25) is 4.79 Å². The summed E-state index contributed by atoms with van der Waals surface area (Å²) >= 11 is 0. The van der Waals surface area contributed by atoms with Gasteiger partial charge in [0, 0.05) is 24.9 Å². The number of hydrogen-bond acceptors (Lipinski definition) is 4. The number of carbonyl (C=O) groups is 2. The molecule has 1 aliphatic heterocycles. The molecule has 0 unspecified atom stereocenters. The maximum absolute atomic E-state index is 14.2. The summed E-state index contributed by atoms with van der Waals surface area (Å²) in [5, 5.41) is 9.74. The van der Waals surface area contributed by atoms with Gasteiger partial charge >= 0.3 is 12.1 Å².